The monoisotopic (exact) mass is 424 g/mol. The number of aromatic hydroxyl groups is 1. The Bertz CT molecular complexity index is 1070. The molecule has 0 radical (unpaired) electrons. The van der Waals surface area contributed by atoms with Gasteiger partial charge in [0.1, 0.15) is 17.3 Å². The number of Topliss-reactive ketones (excluding diaryl/α,β-unsaturated/α-hetero) is 1. The number of aromatic nitrogens is 1. The molecule has 8 nitrogen and oxygen atoms in total. The summed E-state index contributed by atoms with van der Waals surface area (Å²) in [6.07, 6.45) is -1.22. The van der Waals surface area contributed by atoms with Gasteiger partial charge in [0.2, 0.25) is 0 Å². The number of phenols is 1. The molecule has 1 unspecified atom stereocenters. The van der Waals surface area contributed by atoms with Crippen molar-refractivity contribution in [2.45, 2.75) is 52.6 Å². The smallest absolute Gasteiger partial charge is 0.405 e. The topological polar surface area (TPSA) is 127 Å². The number of amides is 1. The maximum absolute atomic E-state index is 13.2. The second-order valence-corrected chi connectivity index (χ2v) is 8.97. The predicted molar refractivity (Wildman–Crippen MR) is 117 cm³/mol. The molecule has 4 N–H and O–H groups in total. The number of benzene rings is 1. The van der Waals surface area contributed by atoms with Crippen LogP contribution in [0.4, 0.5) is 4.79 Å². The third kappa shape index (κ3) is 4.52. The molecule has 31 heavy (non-hydrogen) atoms. The zero-order valence-corrected chi connectivity index (χ0v) is 18.4. The summed E-state index contributed by atoms with van der Waals surface area (Å²) in [6.45, 7) is 9.64. The molecule has 1 amide bonds. The number of pyridine rings is 1. The first kappa shape index (κ1) is 22.3. The van der Waals surface area contributed by atoms with Gasteiger partial charge in [0, 0.05) is 34.5 Å². The molecule has 0 spiro atoms. The predicted octanol–water partition coefficient (Wildman–Crippen LogP) is 3.75. The fraction of sp³-hybridized carbons (Fsp3) is 0.391. The molecule has 0 aliphatic carbocycles. The molecule has 1 atom stereocenters. The van der Waals surface area contributed by atoms with E-state index in [0.29, 0.717) is 28.9 Å². The Morgan fingerprint density at radius 3 is 2.58 bits per heavy atom. The number of carboxylic acid groups (broad SMARTS) is 1. The van der Waals surface area contributed by atoms with Crippen LogP contribution in [0.2, 0.25) is 0 Å². The van der Waals surface area contributed by atoms with Gasteiger partial charge in [0.05, 0.1) is 12.6 Å². The van der Waals surface area contributed by atoms with Crippen LogP contribution < -0.4 is 5.32 Å². The van der Waals surface area contributed by atoms with Gasteiger partial charge in [0.15, 0.2) is 5.78 Å². The van der Waals surface area contributed by atoms with E-state index in [1.807, 2.05) is 39.8 Å². The van der Waals surface area contributed by atoms with E-state index in [4.69, 9.17) is 10.5 Å². The quantitative estimate of drug-likeness (QED) is 0.542. The largest absolute Gasteiger partial charge is 0.507 e. The Morgan fingerprint density at radius 1 is 1.29 bits per heavy atom. The Hall–Kier alpha value is -3.42. The average Bonchev–Trinajstić information content (AvgIpc) is 2.95. The number of aryl methyl sites for hydroxylation is 1. The molecule has 0 saturated carbocycles. The summed E-state index contributed by atoms with van der Waals surface area (Å²) >= 11 is 0. The lowest BCUT2D eigenvalue weighted by atomic mass is 9.82. The minimum atomic E-state index is -1.22. The Balaban J connectivity index is 1.93. The molecule has 2 aromatic rings. The number of carbonyl (C=O) groups is 2. The van der Waals surface area contributed by atoms with E-state index in [1.54, 1.807) is 17.9 Å². The molecule has 164 valence electrons. The number of hydrogen-bond acceptors (Lipinski definition) is 5. The first-order valence-corrected chi connectivity index (χ1v) is 10.1. The molecule has 2 heterocycles. The van der Waals surface area contributed by atoms with Gasteiger partial charge in [-0.2, -0.15) is 0 Å². The van der Waals surface area contributed by atoms with Crippen molar-refractivity contribution in [3.05, 3.63) is 57.9 Å². The van der Waals surface area contributed by atoms with Crippen molar-refractivity contribution in [3.63, 3.8) is 0 Å². The van der Waals surface area contributed by atoms with E-state index in [2.05, 4.69) is 10.3 Å². The Kier molecular flexibility index (Phi) is 5.76. The maximum atomic E-state index is 13.2. The van der Waals surface area contributed by atoms with Crippen molar-refractivity contribution in [2.75, 3.05) is 6.54 Å². The summed E-state index contributed by atoms with van der Waals surface area (Å²) < 4.78 is 0. The lowest BCUT2D eigenvalue weighted by molar-refractivity contribution is 0.0962. The normalized spacial score (nSPS) is 14.4. The minimum absolute atomic E-state index is 0.0111. The standard InChI is InChI=1S/C23H28N4O4/c1-12-6-7-14-10-27(21(24)19(14)25-12)11-18(28)15-8-16(13(2)26-22(30)31)20(29)17(9-15)23(3,4)5/h6-9,13,24,26,29H,10-11H2,1-5H3,(H,30,31). The second-order valence-electron chi connectivity index (χ2n) is 8.97. The van der Waals surface area contributed by atoms with Crippen molar-refractivity contribution < 1.29 is 19.8 Å². The molecule has 8 heteroatoms. The van der Waals surface area contributed by atoms with Crippen LogP contribution in [0.5, 0.6) is 5.75 Å². The number of carbonyl (C=O) groups excluding carboxylic acids is 1. The summed E-state index contributed by atoms with van der Waals surface area (Å²) in [7, 11) is 0. The zero-order chi connectivity index (χ0) is 23.1. The molecule has 0 saturated heterocycles. The number of phenolic OH excluding ortho intramolecular Hbond substituents is 1. The molecule has 0 fully saturated rings. The molecule has 1 aliphatic heterocycles. The van der Waals surface area contributed by atoms with Crippen LogP contribution >= 0.6 is 0 Å². The van der Waals surface area contributed by atoms with Gasteiger partial charge >= 0.3 is 6.09 Å². The van der Waals surface area contributed by atoms with Crippen LogP contribution in [0.15, 0.2) is 24.3 Å². The molecule has 0 bridgehead atoms. The molecule has 1 aromatic heterocycles. The van der Waals surface area contributed by atoms with Gasteiger partial charge in [-0.1, -0.05) is 26.8 Å². The highest BCUT2D eigenvalue weighted by atomic mass is 16.4. The van der Waals surface area contributed by atoms with Crippen molar-refractivity contribution in [1.82, 2.24) is 15.2 Å². The SMILES string of the molecule is Cc1ccc2c(n1)C(=N)N(CC(=O)c1cc(C(C)NC(=O)O)c(O)c(C(C)(C)C)c1)C2. The van der Waals surface area contributed by atoms with Crippen LogP contribution in [0.25, 0.3) is 0 Å². The first-order chi connectivity index (χ1) is 14.4. The second kappa shape index (κ2) is 8.02. The van der Waals surface area contributed by atoms with E-state index in [1.165, 1.54) is 6.07 Å². The number of amidine groups is 1. The van der Waals surface area contributed by atoms with Gasteiger partial charge < -0.3 is 20.4 Å². The lowest BCUT2D eigenvalue weighted by Crippen LogP contribution is -2.31. The van der Waals surface area contributed by atoms with Gasteiger partial charge in [-0.25, -0.2) is 9.78 Å². The summed E-state index contributed by atoms with van der Waals surface area (Å²) in [5.74, 6) is -0.0298. The van der Waals surface area contributed by atoms with E-state index < -0.39 is 17.6 Å². The highest BCUT2D eigenvalue weighted by Gasteiger charge is 2.29. The number of hydrogen-bond donors (Lipinski definition) is 4. The number of rotatable bonds is 5. The number of ketones is 1. The first-order valence-electron chi connectivity index (χ1n) is 10.1. The van der Waals surface area contributed by atoms with E-state index in [0.717, 1.165) is 11.3 Å². The van der Waals surface area contributed by atoms with Crippen molar-refractivity contribution >= 4 is 17.7 Å². The number of nitrogens with one attached hydrogen (secondary N) is 2. The highest BCUT2D eigenvalue weighted by molar-refractivity contribution is 6.04. The van der Waals surface area contributed by atoms with Crippen LogP contribution in [-0.2, 0) is 12.0 Å². The minimum Gasteiger partial charge on any atom is -0.507 e. The van der Waals surface area contributed by atoms with Gasteiger partial charge in [-0.05, 0) is 37.5 Å². The van der Waals surface area contributed by atoms with Crippen LogP contribution in [0, 0.1) is 12.3 Å². The van der Waals surface area contributed by atoms with E-state index >= 15 is 0 Å². The molecule has 3 rings (SSSR count). The van der Waals surface area contributed by atoms with E-state index in [-0.39, 0.29) is 23.9 Å². The van der Waals surface area contributed by atoms with Crippen LogP contribution in [0.3, 0.4) is 0 Å². The summed E-state index contributed by atoms with van der Waals surface area (Å²) in [5.41, 5.74) is 3.12. The fourth-order valence-electron chi connectivity index (χ4n) is 3.73. The summed E-state index contributed by atoms with van der Waals surface area (Å²) in [5, 5.41) is 30.6. The van der Waals surface area contributed by atoms with E-state index in [9.17, 15) is 14.7 Å². The van der Waals surface area contributed by atoms with Crippen molar-refractivity contribution in [1.29, 1.82) is 5.41 Å². The number of fused-ring (bicyclic) bond motifs is 1. The highest BCUT2D eigenvalue weighted by Crippen LogP contribution is 2.37. The van der Waals surface area contributed by atoms with Gasteiger partial charge in [-0.3, -0.25) is 10.2 Å². The Labute approximate surface area is 181 Å². The van der Waals surface area contributed by atoms with Gasteiger partial charge in [0.25, 0.3) is 0 Å². The van der Waals surface area contributed by atoms with Crippen molar-refractivity contribution in [3.8, 4) is 5.75 Å². The zero-order valence-electron chi connectivity index (χ0n) is 18.4. The molecular formula is C23H28N4O4. The van der Waals surface area contributed by atoms with Crippen molar-refractivity contribution in [2.24, 2.45) is 0 Å². The third-order valence-corrected chi connectivity index (χ3v) is 5.43. The lowest BCUT2D eigenvalue weighted by Gasteiger charge is -2.25. The summed E-state index contributed by atoms with van der Waals surface area (Å²) in [4.78, 5) is 30.4. The Morgan fingerprint density at radius 2 is 1.97 bits per heavy atom. The van der Waals surface area contributed by atoms with Crippen LogP contribution in [0.1, 0.15) is 72.2 Å². The average molecular weight is 425 g/mol. The third-order valence-electron chi connectivity index (χ3n) is 5.43. The maximum Gasteiger partial charge on any atom is 0.405 e. The fourth-order valence-corrected chi connectivity index (χ4v) is 3.73. The number of nitrogens with zero attached hydrogens (tertiary/aromatic N) is 2. The molecule has 1 aliphatic rings. The summed E-state index contributed by atoms with van der Waals surface area (Å²) in [6, 6.07) is 6.29. The molecular weight excluding hydrogens is 396 g/mol. The van der Waals surface area contributed by atoms with Gasteiger partial charge in [-0.15, -0.1) is 0 Å². The van der Waals surface area contributed by atoms with Crippen LogP contribution in [-0.4, -0.2) is 44.4 Å². The molecule has 1 aromatic carbocycles.